The van der Waals surface area contributed by atoms with E-state index in [9.17, 15) is 9.18 Å². The largest absolute Gasteiger partial charge is 0.291 e. The molecule has 0 saturated heterocycles. The third kappa shape index (κ3) is 0.832. The van der Waals surface area contributed by atoms with Crippen molar-refractivity contribution in [2.75, 3.05) is 0 Å². The van der Waals surface area contributed by atoms with Crippen LogP contribution < -0.4 is 0 Å². The first-order valence-corrected chi connectivity index (χ1v) is 2.19. The Balaban J connectivity index is 2.80. The van der Waals surface area contributed by atoms with E-state index < -0.39 is 11.6 Å². The first kappa shape index (κ1) is 5.22. The average molecular weight is 110 g/mol. The highest BCUT2D eigenvalue weighted by Crippen LogP contribution is 2.05. The molecule has 0 N–H and O–H groups in total. The highest BCUT2D eigenvalue weighted by molar-refractivity contribution is 5.94. The fourth-order valence-electron chi connectivity index (χ4n) is 0.417. The Morgan fingerprint density at radius 2 is 2.50 bits per heavy atom. The molecule has 40 valence electrons. The van der Waals surface area contributed by atoms with Crippen LogP contribution in [0.5, 0.6) is 0 Å². The predicted octanol–water partition coefficient (Wildman–Crippen LogP) is 0.975. The standard InChI is InChI=1S/C6H3FO/c7-5-3-1-2-4-6(5)8/h2H,4H2. The van der Waals surface area contributed by atoms with Gasteiger partial charge in [0.05, 0.1) is 0 Å². The minimum absolute atomic E-state index is 0.124. The molecule has 0 bridgehead atoms. The topological polar surface area (TPSA) is 17.1 Å². The van der Waals surface area contributed by atoms with Crippen LogP contribution in [0.1, 0.15) is 6.42 Å². The van der Waals surface area contributed by atoms with Crippen molar-refractivity contribution in [3.63, 3.8) is 0 Å². The molecular weight excluding hydrogens is 107 g/mol. The van der Waals surface area contributed by atoms with Gasteiger partial charge in [0, 0.05) is 12.5 Å². The third-order valence-corrected chi connectivity index (χ3v) is 0.816. The van der Waals surface area contributed by atoms with E-state index in [0.29, 0.717) is 0 Å². The lowest BCUT2D eigenvalue weighted by Gasteiger charge is -1.93. The molecule has 0 spiro atoms. The number of carbonyl (C=O) groups excluding carboxylic acids is 1. The number of carbonyl (C=O) groups is 1. The Kier molecular flexibility index (Phi) is 1.24. The number of Topliss-reactive ketones (excluding diaryl/α,β-unsaturated/α-hetero) is 1. The zero-order valence-corrected chi connectivity index (χ0v) is 4.07. The molecule has 0 amide bonds. The van der Waals surface area contributed by atoms with Gasteiger partial charge in [0.1, 0.15) is 0 Å². The summed E-state index contributed by atoms with van der Waals surface area (Å²) in [6.07, 6.45) is 5.96. The van der Waals surface area contributed by atoms with Crippen LogP contribution in [0.2, 0.25) is 0 Å². The average Bonchev–Trinajstić information content (AvgIpc) is 1.77. The molecule has 0 saturated carbocycles. The molecule has 2 heteroatoms. The van der Waals surface area contributed by atoms with Crippen LogP contribution in [0.4, 0.5) is 4.39 Å². The van der Waals surface area contributed by atoms with Crippen molar-refractivity contribution >= 4 is 5.78 Å². The Morgan fingerprint density at radius 3 is 2.88 bits per heavy atom. The van der Waals surface area contributed by atoms with Crippen LogP contribution in [0.25, 0.3) is 0 Å². The normalized spacial score (nSPS) is 18.6. The molecule has 1 aliphatic rings. The number of allylic oxidation sites excluding steroid dienone is 4. The van der Waals surface area contributed by atoms with Gasteiger partial charge in [-0.25, -0.2) is 4.39 Å². The van der Waals surface area contributed by atoms with Gasteiger partial charge in [0.15, 0.2) is 11.6 Å². The summed E-state index contributed by atoms with van der Waals surface area (Å²) in [4.78, 5) is 10.2. The van der Waals surface area contributed by atoms with E-state index in [2.05, 4.69) is 6.08 Å². The van der Waals surface area contributed by atoms with E-state index in [4.69, 9.17) is 0 Å². The van der Waals surface area contributed by atoms with Crippen LogP contribution in [-0.2, 0) is 4.79 Å². The summed E-state index contributed by atoms with van der Waals surface area (Å²) in [6.45, 7) is 0. The maximum Gasteiger partial charge on any atom is 0.195 e. The number of halogens is 1. The Hall–Kier alpha value is -0.920. The monoisotopic (exact) mass is 110 g/mol. The van der Waals surface area contributed by atoms with Crippen LogP contribution >= 0.6 is 0 Å². The second-order valence-electron chi connectivity index (χ2n) is 1.41. The second-order valence-corrected chi connectivity index (χ2v) is 1.41. The molecule has 8 heavy (non-hydrogen) atoms. The van der Waals surface area contributed by atoms with Gasteiger partial charge in [-0.2, -0.15) is 0 Å². The van der Waals surface area contributed by atoms with Gasteiger partial charge in [-0.3, -0.25) is 4.79 Å². The molecule has 0 fully saturated rings. The molecule has 1 nitrogen and oxygen atoms in total. The van der Waals surface area contributed by atoms with Crippen molar-refractivity contribution in [3.8, 4) is 0 Å². The van der Waals surface area contributed by atoms with Crippen molar-refractivity contribution < 1.29 is 9.18 Å². The number of hydrogen-bond donors (Lipinski definition) is 0. The van der Waals surface area contributed by atoms with Crippen molar-refractivity contribution in [1.29, 1.82) is 0 Å². The smallest absolute Gasteiger partial charge is 0.195 e. The van der Waals surface area contributed by atoms with Gasteiger partial charge in [-0.1, -0.05) is 6.08 Å². The Bertz CT molecular complexity index is 167. The molecule has 0 heterocycles. The first-order chi connectivity index (χ1) is 3.80. The maximum absolute atomic E-state index is 12.0. The summed E-state index contributed by atoms with van der Waals surface area (Å²) in [7, 11) is 0. The molecule has 2 radical (unpaired) electrons. The minimum atomic E-state index is -0.812. The first-order valence-electron chi connectivity index (χ1n) is 2.19. The van der Waals surface area contributed by atoms with Crippen molar-refractivity contribution in [3.05, 3.63) is 24.1 Å². The number of ketones is 1. The maximum atomic E-state index is 12.0. The fourth-order valence-corrected chi connectivity index (χ4v) is 0.417. The summed E-state index contributed by atoms with van der Waals surface area (Å²) in [5, 5.41) is 0. The molecule has 0 aromatic heterocycles. The van der Waals surface area contributed by atoms with E-state index >= 15 is 0 Å². The molecule has 0 aliphatic heterocycles. The predicted molar refractivity (Wildman–Crippen MR) is 25.3 cm³/mol. The van der Waals surface area contributed by atoms with Crippen LogP contribution in [0, 0.1) is 12.2 Å². The quantitative estimate of drug-likeness (QED) is 0.454. The van der Waals surface area contributed by atoms with Gasteiger partial charge in [-0.05, 0) is 6.08 Å². The molecule has 1 aliphatic carbocycles. The highest BCUT2D eigenvalue weighted by atomic mass is 19.1. The molecule has 0 unspecified atom stereocenters. The zero-order chi connectivity index (χ0) is 5.98. The van der Waals surface area contributed by atoms with Crippen LogP contribution in [0.3, 0.4) is 0 Å². The highest BCUT2D eigenvalue weighted by Gasteiger charge is 2.08. The van der Waals surface area contributed by atoms with E-state index in [1.165, 1.54) is 6.08 Å². The second kappa shape index (κ2) is 1.90. The molecule has 0 atom stereocenters. The van der Waals surface area contributed by atoms with Gasteiger partial charge in [0.25, 0.3) is 0 Å². The molecular formula is C6H3FO. The fraction of sp³-hybridized carbons (Fsp3) is 0.167. The van der Waals surface area contributed by atoms with Gasteiger partial charge >= 0.3 is 0 Å². The van der Waals surface area contributed by atoms with Crippen LogP contribution in [0.15, 0.2) is 11.9 Å². The number of rotatable bonds is 0. The lowest BCUT2D eigenvalue weighted by molar-refractivity contribution is -0.116. The Morgan fingerprint density at radius 1 is 1.75 bits per heavy atom. The summed E-state index contributed by atoms with van der Waals surface area (Å²) in [5.41, 5.74) is 0. The van der Waals surface area contributed by atoms with Crippen molar-refractivity contribution in [2.24, 2.45) is 0 Å². The summed E-state index contributed by atoms with van der Waals surface area (Å²) in [5.74, 6) is -1.32. The SMILES string of the molecule is O=C1CC=[C][C]=C1F. The van der Waals surface area contributed by atoms with Crippen LogP contribution in [-0.4, -0.2) is 5.78 Å². The lowest BCUT2D eigenvalue weighted by atomic mass is 10.1. The van der Waals surface area contributed by atoms with E-state index in [-0.39, 0.29) is 6.42 Å². The third-order valence-electron chi connectivity index (χ3n) is 0.816. The van der Waals surface area contributed by atoms with Gasteiger partial charge in [-0.15, -0.1) is 0 Å². The van der Waals surface area contributed by atoms with Crippen molar-refractivity contribution in [1.82, 2.24) is 0 Å². The van der Waals surface area contributed by atoms with Gasteiger partial charge in [0.2, 0.25) is 0 Å². The van der Waals surface area contributed by atoms with Gasteiger partial charge < -0.3 is 0 Å². The lowest BCUT2D eigenvalue weighted by Crippen LogP contribution is -1.98. The molecule has 0 aromatic rings. The summed E-state index contributed by atoms with van der Waals surface area (Å²) in [6, 6.07) is 0. The van der Waals surface area contributed by atoms with E-state index in [0.717, 1.165) is 0 Å². The zero-order valence-electron chi connectivity index (χ0n) is 4.07. The van der Waals surface area contributed by atoms with Crippen molar-refractivity contribution in [2.45, 2.75) is 6.42 Å². The molecule has 1 rings (SSSR count). The number of hydrogen-bond acceptors (Lipinski definition) is 1. The Labute approximate surface area is 46.5 Å². The van der Waals surface area contributed by atoms with E-state index in [1.54, 1.807) is 0 Å². The van der Waals surface area contributed by atoms with E-state index in [1.807, 2.05) is 6.08 Å². The molecule has 0 aromatic carbocycles. The summed E-state index contributed by atoms with van der Waals surface area (Å²) >= 11 is 0. The summed E-state index contributed by atoms with van der Waals surface area (Å²) < 4.78 is 12.0. The minimum Gasteiger partial charge on any atom is -0.291 e.